The van der Waals surface area contributed by atoms with Crippen molar-refractivity contribution in [3.05, 3.63) is 71.5 Å². The fourth-order valence-electron chi connectivity index (χ4n) is 2.59. The lowest BCUT2D eigenvalue weighted by Gasteiger charge is -2.22. The summed E-state index contributed by atoms with van der Waals surface area (Å²) in [6, 6.07) is 16.4. The molecule has 0 radical (unpaired) electrons. The third-order valence-electron chi connectivity index (χ3n) is 3.58. The molecule has 0 heterocycles. The van der Waals surface area contributed by atoms with E-state index in [1.54, 1.807) is 18.2 Å². The second-order valence-electron chi connectivity index (χ2n) is 5.98. The fraction of sp³-hybridized carbons (Fsp3) is 0.316. The van der Waals surface area contributed by atoms with Crippen molar-refractivity contribution in [2.75, 3.05) is 20.6 Å². The Morgan fingerprint density at radius 1 is 1.09 bits per heavy atom. The minimum Gasteiger partial charge on any atom is -0.351 e. The van der Waals surface area contributed by atoms with Gasteiger partial charge in [0.15, 0.2) is 0 Å². The van der Waals surface area contributed by atoms with Gasteiger partial charge in [0.05, 0.1) is 6.42 Å². The Bertz CT molecular complexity index is 628. The summed E-state index contributed by atoms with van der Waals surface area (Å²) >= 11 is 0. The highest BCUT2D eigenvalue weighted by Gasteiger charge is 2.15. The van der Waals surface area contributed by atoms with Gasteiger partial charge in [0.1, 0.15) is 5.82 Å². The van der Waals surface area contributed by atoms with Crippen LogP contribution < -0.4 is 5.32 Å². The van der Waals surface area contributed by atoms with Gasteiger partial charge in [-0.2, -0.15) is 0 Å². The molecule has 0 aliphatic heterocycles. The van der Waals surface area contributed by atoms with Crippen molar-refractivity contribution in [2.45, 2.75) is 18.9 Å². The molecule has 2 aromatic carbocycles. The molecule has 0 fully saturated rings. The normalized spacial score (nSPS) is 12.2. The fourth-order valence-corrected chi connectivity index (χ4v) is 2.59. The van der Waals surface area contributed by atoms with Crippen LogP contribution in [0.3, 0.4) is 0 Å². The zero-order valence-corrected chi connectivity index (χ0v) is 13.6. The van der Waals surface area contributed by atoms with Crippen molar-refractivity contribution >= 4 is 5.91 Å². The van der Waals surface area contributed by atoms with Crippen LogP contribution in [0.2, 0.25) is 0 Å². The Kier molecular flexibility index (Phi) is 6.29. The highest BCUT2D eigenvalue weighted by molar-refractivity contribution is 5.79. The number of hydrogen-bond donors (Lipinski definition) is 1. The van der Waals surface area contributed by atoms with E-state index < -0.39 is 0 Å². The minimum absolute atomic E-state index is 0.00771. The second-order valence-corrected chi connectivity index (χ2v) is 5.98. The molecule has 1 amide bonds. The first kappa shape index (κ1) is 17.2. The average Bonchev–Trinajstić information content (AvgIpc) is 2.50. The predicted octanol–water partition coefficient (Wildman–Crippen LogP) is 2.66. The number of nitrogens with zero attached hydrogens (tertiary/aromatic N) is 1. The van der Waals surface area contributed by atoms with E-state index in [0.717, 1.165) is 13.0 Å². The van der Waals surface area contributed by atoms with Crippen molar-refractivity contribution in [3.8, 4) is 0 Å². The number of carbonyl (C=O) groups is 1. The standard InChI is InChI=1S/C19H23FN2O/c1-22(2)14-17(12-15-8-4-3-5-9-15)21-19(23)13-16-10-6-7-11-18(16)20/h3-11,17H,12-14H2,1-2H3,(H,21,23)/t17-/m1/s1. The molecule has 0 spiro atoms. The topological polar surface area (TPSA) is 32.3 Å². The number of benzene rings is 2. The van der Waals surface area contributed by atoms with Crippen molar-refractivity contribution < 1.29 is 9.18 Å². The lowest BCUT2D eigenvalue weighted by Crippen LogP contribution is -2.43. The third kappa shape index (κ3) is 5.83. The second kappa shape index (κ2) is 8.44. The molecule has 1 atom stereocenters. The number of likely N-dealkylation sites (N-methyl/N-ethyl adjacent to an activating group) is 1. The van der Waals surface area contributed by atoms with Gasteiger partial charge in [0.2, 0.25) is 5.91 Å². The SMILES string of the molecule is CN(C)C[C@@H](Cc1ccccc1)NC(=O)Cc1ccccc1F. The molecule has 122 valence electrons. The van der Waals surface area contributed by atoms with Crippen LogP contribution in [-0.2, 0) is 17.6 Å². The summed E-state index contributed by atoms with van der Waals surface area (Å²) in [7, 11) is 3.95. The maximum absolute atomic E-state index is 13.7. The van der Waals surface area contributed by atoms with Crippen LogP contribution >= 0.6 is 0 Å². The van der Waals surface area contributed by atoms with Gasteiger partial charge in [-0.15, -0.1) is 0 Å². The molecule has 0 aromatic heterocycles. The van der Waals surface area contributed by atoms with E-state index in [4.69, 9.17) is 0 Å². The van der Waals surface area contributed by atoms with E-state index in [9.17, 15) is 9.18 Å². The Labute approximate surface area is 137 Å². The van der Waals surface area contributed by atoms with Crippen LogP contribution in [0.4, 0.5) is 4.39 Å². The lowest BCUT2D eigenvalue weighted by molar-refractivity contribution is -0.121. The molecule has 1 N–H and O–H groups in total. The summed E-state index contributed by atoms with van der Waals surface area (Å²) in [6.07, 6.45) is 0.813. The minimum atomic E-state index is -0.338. The maximum atomic E-state index is 13.7. The van der Waals surface area contributed by atoms with Crippen molar-refractivity contribution in [1.82, 2.24) is 10.2 Å². The van der Waals surface area contributed by atoms with E-state index in [1.165, 1.54) is 11.6 Å². The van der Waals surface area contributed by atoms with Crippen LogP contribution in [0.1, 0.15) is 11.1 Å². The van der Waals surface area contributed by atoms with Gasteiger partial charge in [0.25, 0.3) is 0 Å². The van der Waals surface area contributed by atoms with Crippen LogP contribution in [0.25, 0.3) is 0 Å². The number of amides is 1. The average molecular weight is 314 g/mol. The summed E-state index contributed by atoms with van der Waals surface area (Å²) in [6.45, 7) is 0.734. The van der Waals surface area contributed by atoms with E-state index in [1.807, 2.05) is 49.3 Å². The Balaban J connectivity index is 1.99. The molecule has 0 aliphatic carbocycles. The van der Waals surface area contributed by atoms with E-state index >= 15 is 0 Å². The van der Waals surface area contributed by atoms with Crippen molar-refractivity contribution in [1.29, 1.82) is 0 Å². The first-order valence-corrected chi connectivity index (χ1v) is 7.76. The Morgan fingerprint density at radius 3 is 2.39 bits per heavy atom. The zero-order valence-electron chi connectivity index (χ0n) is 13.6. The summed E-state index contributed by atoms with van der Waals surface area (Å²) in [4.78, 5) is 14.3. The maximum Gasteiger partial charge on any atom is 0.224 e. The van der Waals surface area contributed by atoms with Crippen LogP contribution in [0.15, 0.2) is 54.6 Å². The van der Waals surface area contributed by atoms with Gasteiger partial charge < -0.3 is 10.2 Å². The Hall–Kier alpha value is -2.20. The molecule has 0 bridgehead atoms. The number of nitrogens with one attached hydrogen (secondary N) is 1. The molecule has 0 saturated heterocycles. The Morgan fingerprint density at radius 2 is 1.74 bits per heavy atom. The van der Waals surface area contributed by atoms with E-state index in [-0.39, 0.29) is 24.2 Å². The molecule has 23 heavy (non-hydrogen) atoms. The number of carbonyl (C=O) groups excluding carboxylic acids is 1. The molecular formula is C19H23FN2O. The monoisotopic (exact) mass is 314 g/mol. The largest absolute Gasteiger partial charge is 0.351 e. The quantitative estimate of drug-likeness (QED) is 0.852. The molecule has 3 nitrogen and oxygen atoms in total. The highest BCUT2D eigenvalue weighted by atomic mass is 19.1. The van der Waals surface area contributed by atoms with E-state index in [0.29, 0.717) is 5.56 Å². The first-order valence-electron chi connectivity index (χ1n) is 7.76. The molecule has 0 unspecified atom stereocenters. The van der Waals surface area contributed by atoms with Crippen LogP contribution in [0.5, 0.6) is 0 Å². The molecule has 0 saturated carbocycles. The van der Waals surface area contributed by atoms with Crippen LogP contribution in [0, 0.1) is 5.82 Å². The highest BCUT2D eigenvalue weighted by Crippen LogP contribution is 2.08. The smallest absolute Gasteiger partial charge is 0.224 e. The van der Waals surface area contributed by atoms with Crippen molar-refractivity contribution in [2.24, 2.45) is 0 Å². The van der Waals surface area contributed by atoms with Gasteiger partial charge in [-0.3, -0.25) is 4.79 Å². The molecule has 2 rings (SSSR count). The lowest BCUT2D eigenvalue weighted by atomic mass is 10.0. The number of rotatable bonds is 7. The van der Waals surface area contributed by atoms with Crippen molar-refractivity contribution in [3.63, 3.8) is 0 Å². The summed E-state index contributed by atoms with van der Waals surface area (Å²) < 4.78 is 13.7. The van der Waals surface area contributed by atoms with Gasteiger partial charge in [0, 0.05) is 12.6 Å². The zero-order chi connectivity index (χ0) is 16.7. The van der Waals surface area contributed by atoms with E-state index in [2.05, 4.69) is 5.32 Å². The number of halogens is 1. The number of hydrogen-bond acceptors (Lipinski definition) is 2. The summed E-state index contributed by atoms with van der Waals surface area (Å²) in [5.74, 6) is -0.493. The van der Waals surface area contributed by atoms with Crippen LogP contribution in [-0.4, -0.2) is 37.5 Å². The third-order valence-corrected chi connectivity index (χ3v) is 3.58. The summed E-state index contributed by atoms with van der Waals surface area (Å²) in [5, 5.41) is 3.03. The summed E-state index contributed by atoms with van der Waals surface area (Å²) in [5.41, 5.74) is 1.60. The molecule has 2 aromatic rings. The van der Waals surface area contributed by atoms with Gasteiger partial charge in [-0.25, -0.2) is 4.39 Å². The van der Waals surface area contributed by atoms with Gasteiger partial charge >= 0.3 is 0 Å². The van der Waals surface area contributed by atoms with Gasteiger partial charge in [-0.1, -0.05) is 48.5 Å². The van der Waals surface area contributed by atoms with Gasteiger partial charge in [-0.05, 0) is 37.7 Å². The molecular weight excluding hydrogens is 291 g/mol. The molecule has 4 heteroatoms. The predicted molar refractivity (Wildman–Crippen MR) is 90.7 cm³/mol. The molecule has 0 aliphatic rings. The first-order chi connectivity index (χ1) is 11.0.